The molecule has 1 aromatic heterocycles. The average molecular weight is 321 g/mol. The van der Waals surface area contributed by atoms with Gasteiger partial charge in [-0.25, -0.2) is 4.98 Å². The largest absolute Gasteiger partial charge is 0.497 e. The summed E-state index contributed by atoms with van der Waals surface area (Å²) in [5, 5.41) is 0. The van der Waals surface area contributed by atoms with E-state index < -0.39 is 0 Å². The van der Waals surface area contributed by atoms with Crippen molar-refractivity contribution in [2.75, 3.05) is 14.2 Å². The first kappa shape index (κ1) is 15.9. The molecular weight excluding hydrogens is 302 g/mol. The molecule has 0 N–H and O–H groups in total. The van der Waals surface area contributed by atoms with E-state index in [0.29, 0.717) is 11.2 Å². The molecule has 1 heterocycles. The highest BCUT2D eigenvalue weighted by atomic mass is 16.5. The Bertz CT molecular complexity index is 862. The van der Waals surface area contributed by atoms with Crippen LogP contribution >= 0.6 is 0 Å². The third-order valence-electron chi connectivity index (χ3n) is 4.17. The second kappa shape index (κ2) is 6.66. The Morgan fingerprint density at radius 2 is 1.75 bits per heavy atom. The molecule has 5 heteroatoms. The van der Waals surface area contributed by atoms with Crippen LogP contribution in [0.1, 0.15) is 29.0 Å². The smallest absolute Gasteiger partial charge is 0.274 e. The van der Waals surface area contributed by atoms with Crippen LogP contribution < -0.4 is 4.74 Å². The molecule has 0 bridgehead atoms. The maximum absolute atomic E-state index is 12.7. The monoisotopic (exact) mass is 321 g/mol. The number of aromatic nitrogens is 2. The van der Waals surface area contributed by atoms with Gasteiger partial charge in [0.25, 0.3) is 5.91 Å². The molecule has 0 aliphatic carbocycles. The summed E-state index contributed by atoms with van der Waals surface area (Å²) in [5.74, 6) is 0.636. The lowest BCUT2D eigenvalue weighted by molar-refractivity contribution is 0.0736. The number of nitrogens with zero attached hydrogens (tertiary/aromatic N) is 3. The maximum atomic E-state index is 12.7. The molecule has 0 saturated heterocycles. The lowest BCUT2D eigenvalue weighted by atomic mass is 10.1. The topological polar surface area (TPSA) is 55.3 Å². The van der Waals surface area contributed by atoms with Crippen molar-refractivity contribution in [3.63, 3.8) is 0 Å². The van der Waals surface area contributed by atoms with Gasteiger partial charge in [0.2, 0.25) is 0 Å². The third kappa shape index (κ3) is 3.06. The summed E-state index contributed by atoms with van der Waals surface area (Å²) in [4.78, 5) is 23.1. The molecule has 2 aromatic carbocycles. The van der Waals surface area contributed by atoms with Crippen molar-refractivity contribution in [3.8, 4) is 5.75 Å². The number of rotatable bonds is 4. The highest BCUT2D eigenvalue weighted by Crippen LogP contribution is 2.23. The standard InChI is InChI=1S/C19H19N3O2/c1-13(14-8-10-15(24-3)11-9-14)22(2)19(23)18-12-20-16-6-4-5-7-17(16)21-18/h4-13H,1-3H3. The Morgan fingerprint density at radius 1 is 1.08 bits per heavy atom. The average Bonchev–Trinajstić information content (AvgIpc) is 2.66. The molecule has 0 aliphatic rings. The number of ether oxygens (including phenoxy) is 1. The molecule has 1 atom stereocenters. The second-order valence-corrected chi connectivity index (χ2v) is 5.61. The van der Waals surface area contributed by atoms with Gasteiger partial charge in [-0.15, -0.1) is 0 Å². The number of hydrogen-bond donors (Lipinski definition) is 0. The first-order valence-corrected chi connectivity index (χ1v) is 7.73. The van der Waals surface area contributed by atoms with Crippen molar-refractivity contribution in [3.05, 3.63) is 66.0 Å². The van der Waals surface area contributed by atoms with E-state index in [1.165, 1.54) is 6.20 Å². The van der Waals surface area contributed by atoms with Crippen LogP contribution in [0.2, 0.25) is 0 Å². The molecule has 5 nitrogen and oxygen atoms in total. The molecule has 3 aromatic rings. The Kier molecular flexibility index (Phi) is 4.42. The molecule has 0 saturated carbocycles. The highest BCUT2D eigenvalue weighted by molar-refractivity contribution is 5.93. The van der Waals surface area contributed by atoms with Crippen LogP contribution in [0.4, 0.5) is 0 Å². The molecular formula is C19H19N3O2. The van der Waals surface area contributed by atoms with Gasteiger partial charge in [0.05, 0.1) is 30.4 Å². The highest BCUT2D eigenvalue weighted by Gasteiger charge is 2.20. The molecule has 0 fully saturated rings. The van der Waals surface area contributed by atoms with E-state index in [1.54, 1.807) is 19.1 Å². The minimum atomic E-state index is -0.156. The molecule has 24 heavy (non-hydrogen) atoms. The zero-order valence-electron chi connectivity index (χ0n) is 13.9. The number of amides is 1. The Hall–Kier alpha value is -2.95. The number of methoxy groups -OCH3 is 1. The van der Waals surface area contributed by atoms with Gasteiger partial charge in [-0.3, -0.25) is 9.78 Å². The predicted molar refractivity (Wildman–Crippen MR) is 93.0 cm³/mol. The van der Waals surface area contributed by atoms with Gasteiger partial charge in [-0.2, -0.15) is 0 Å². The first-order valence-electron chi connectivity index (χ1n) is 7.73. The van der Waals surface area contributed by atoms with Crippen molar-refractivity contribution in [1.29, 1.82) is 0 Å². The number of benzene rings is 2. The van der Waals surface area contributed by atoms with E-state index in [0.717, 1.165) is 16.8 Å². The number of para-hydroxylation sites is 2. The van der Waals surface area contributed by atoms with Gasteiger partial charge in [0.15, 0.2) is 0 Å². The van der Waals surface area contributed by atoms with Gasteiger partial charge < -0.3 is 9.64 Å². The van der Waals surface area contributed by atoms with E-state index in [-0.39, 0.29) is 11.9 Å². The predicted octanol–water partition coefficient (Wildman–Crippen LogP) is 3.47. The molecule has 122 valence electrons. The van der Waals surface area contributed by atoms with Crippen molar-refractivity contribution in [2.24, 2.45) is 0 Å². The van der Waals surface area contributed by atoms with Crippen LogP contribution in [-0.2, 0) is 0 Å². The Morgan fingerprint density at radius 3 is 2.42 bits per heavy atom. The van der Waals surface area contributed by atoms with E-state index in [9.17, 15) is 4.79 Å². The Balaban J connectivity index is 1.83. The number of carbonyl (C=O) groups is 1. The fraction of sp³-hybridized carbons (Fsp3) is 0.211. The quantitative estimate of drug-likeness (QED) is 0.738. The van der Waals surface area contributed by atoms with Gasteiger partial charge in [0, 0.05) is 7.05 Å². The van der Waals surface area contributed by atoms with Crippen molar-refractivity contribution >= 4 is 16.9 Å². The van der Waals surface area contributed by atoms with Crippen molar-refractivity contribution < 1.29 is 9.53 Å². The molecule has 3 rings (SSSR count). The summed E-state index contributed by atoms with van der Waals surface area (Å²) >= 11 is 0. The van der Waals surface area contributed by atoms with E-state index in [2.05, 4.69) is 9.97 Å². The molecule has 0 aliphatic heterocycles. The van der Waals surface area contributed by atoms with Gasteiger partial charge in [0.1, 0.15) is 11.4 Å². The zero-order valence-corrected chi connectivity index (χ0v) is 13.9. The summed E-state index contributed by atoms with van der Waals surface area (Å²) < 4.78 is 5.17. The van der Waals surface area contributed by atoms with Gasteiger partial charge in [-0.1, -0.05) is 24.3 Å². The number of fused-ring (bicyclic) bond motifs is 1. The zero-order chi connectivity index (χ0) is 17.1. The SMILES string of the molecule is COc1ccc(C(C)N(C)C(=O)c2cnc3ccccc3n2)cc1. The first-order chi connectivity index (χ1) is 11.6. The lowest BCUT2D eigenvalue weighted by Gasteiger charge is -2.25. The van der Waals surface area contributed by atoms with E-state index >= 15 is 0 Å². The minimum absolute atomic E-state index is 0.0864. The fourth-order valence-electron chi connectivity index (χ4n) is 2.52. The lowest BCUT2D eigenvalue weighted by Crippen LogP contribution is -2.30. The molecule has 1 unspecified atom stereocenters. The molecule has 1 amide bonds. The van der Waals surface area contributed by atoms with Crippen LogP contribution in [-0.4, -0.2) is 34.9 Å². The van der Waals surface area contributed by atoms with Crippen LogP contribution in [0.15, 0.2) is 54.7 Å². The summed E-state index contributed by atoms with van der Waals surface area (Å²) in [5.41, 5.74) is 2.87. The fourth-order valence-corrected chi connectivity index (χ4v) is 2.52. The second-order valence-electron chi connectivity index (χ2n) is 5.61. The van der Waals surface area contributed by atoms with E-state index in [4.69, 9.17) is 4.74 Å². The van der Waals surface area contributed by atoms with Crippen LogP contribution in [0, 0.1) is 0 Å². The van der Waals surface area contributed by atoms with Gasteiger partial charge >= 0.3 is 0 Å². The van der Waals surface area contributed by atoms with Crippen LogP contribution in [0.3, 0.4) is 0 Å². The number of hydrogen-bond acceptors (Lipinski definition) is 4. The molecule has 0 radical (unpaired) electrons. The van der Waals surface area contributed by atoms with Crippen molar-refractivity contribution in [2.45, 2.75) is 13.0 Å². The number of carbonyl (C=O) groups excluding carboxylic acids is 1. The summed E-state index contributed by atoms with van der Waals surface area (Å²) in [7, 11) is 3.40. The summed E-state index contributed by atoms with van der Waals surface area (Å²) in [6.45, 7) is 1.98. The maximum Gasteiger partial charge on any atom is 0.274 e. The third-order valence-corrected chi connectivity index (χ3v) is 4.17. The van der Waals surface area contributed by atoms with Crippen LogP contribution in [0.25, 0.3) is 11.0 Å². The molecule has 0 spiro atoms. The van der Waals surface area contributed by atoms with Crippen LogP contribution in [0.5, 0.6) is 5.75 Å². The van der Waals surface area contributed by atoms with Crippen molar-refractivity contribution in [1.82, 2.24) is 14.9 Å². The van der Waals surface area contributed by atoms with E-state index in [1.807, 2.05) is 55.5 Å². The minimum Gasteiger partial charge on any atom is -0.497 e. The normalized spacial score (nSPS) is 12.0. The summed E-state index contributed by atoms with van der Waals surface area (Å²) in [6, 6.07) is 15.1. The van der Waals surface area contributed by atoms with Gasteiger partial charge in [-0.05, 0) is 36.8 Å². The Labute approximate surface area is 140 Å². The summed E-state index contributed by atoms with van der Waals surface area (Å²) in [6.07, 6.45) is 1.53.